The highest BCUT2D eigenvalue weighted by molar-refractivity contribution is 5.67. The van der Waals surface area contributed by atoms with Crippen molar-refractivity contribution in [3.63, 3.8) is 0 Å². The SMILES string of the molecule is CCOC(=O)N1CCC(Nc2nccc(Nc3ccc(F)c(F)c3F)n2)CC1. The van der Waals surface area contributed by atoms with E-state index in [2.05, 4.69) is 20.6 Å². The van der Waals surface area contributed by atoms with Gasteiger partial charge in [-0.25, -0.2) is 22.9 Å². The maximum Gasteiger partial charge on any atom is 0.409 e. The maximum atomic E-state index is 13.8. The van der Waals surface area contributed by atoms with E-state index in [-0.39, 0.29) is 23.6 Å². The summed E-state index contributed by atoms with van der Waals surface area (Å²) in [6, 6.07) is 3.46. The van der Waals surface area contributed by atoms with Gasteiger partial charge >= 0.3 is 6.09 Å². The number of benzene rings is 1. The zero-order chi connectivity index (χ0) is 20.1. The van der Waals surface area contributed by atoms with Crippen LogP contribution in [-0.4, -0.2) is 46.7 Å². The molecule has 0 radical (unpaired) electrons. The summed E-state index contributed by atoms with van der Waals surface area (Å²) in [6.45, 7) is 3.20. The average Bonchev–Trinajstić information content (AvgIpc) is 2.69. The van der Waals surface area contributed by atoms with Crippen LogP contribution in [0.2, 0.25) is 0 Å². The van der Waals surface area contributed by atoms with Crippen molar-refractivity contribution < 1.29 is 22.7 Å². The normalized spacial score (nSPS) is 14.6. The fourth-order valence-electron chi connectivity index (χ4n) is 2.86. The molecular weight excluding hydrogens is 375 g/mol. The zero-order valence-electron chi connectivity index (χ0n) is 15.2. The maximum absolute atomic E-state index is 13.8. The lowest BCUT2D eigenvalue weighted by atomic mass is 10.1. The quantitative estimate of drug-likeness (QED) is 0.752. The second-order valence-electron chi connectivity index (χ2n) is 6.22. The Labute approximate surface area is 159 Å². The lowest BCUT2D eigenvalue weighted by Crippen LogP contribution is -2.42. The number of hydrogen-bond donors (Lipinski definition) is 2. The van der Waals surface area contributed by atoms with Gasteiger partial charge in [0.05, 0.1) is 12.3 Å². The van der Waals surface area contributed by atoms with Crippen LogP contribution in [0, 0.1) is 17.5 Å². The van der Waals surface area contributed by atoms with Gasteiger partial charge in [-0.3, -0.25) is 0 Å². The number of likely N-dealkylation sites (tertiary alicyclic amines) is 1. The number of carbonyl (C=O) groups is 1. The first kappa shape index (κ1) is 19.7. The van der Waals surface area contributed by atoms with E-state index in [1.54, 1.807) is 11.8 Å². The Balaban J connectivity index is 1.60. The first-order chi connectivity index (χ1) is 13.5. The van der Waals surface area contributed by atoms with Crippen LogP contribution in [-0.2, 0) is 4.74 Å². The Morgan fingerprint density at radius 2 is 1.96 bits per heavy atom. The highest BCUT2D eigenvalue weighted by atomic mass is 19.2. The summed E-state index contributed by atoms with van der Waals surface area (Å²) in [5.41, 5.74) is -0.230. The van der Waals surface area contributed by atoms with Gasteiger partial charge in [-0.2, -0.15) is 4.98 Å². The third-order valence-corrected chi connectivity index (χ3v) is 4.31. The van der Waals surface area contributed by atoms with E-state index in [1.807, 2.05) is 0 Å². The molecule has 1 saturated heterocycles. The summed E-state index contributed by atoms with van der Waals surface area (Å²) >= 11 is 0. The van der Waals surface area contributed by atoms with E-state index in [0.717, 1.165) is 12.1 Å². The van der Waals surface area contributed by atoms with Crippen molar-refractivity contribution >= 4 is 23.5 Å². The number of amides is 1. The number of carbonyl (C=O) groups excluding carboxylic acids is 1. The second kappa shape index (κ2) is 8.77. The van der Waals surface area contributed by atoms with Crippen molar-refractivity contribution in [3.8, 4) is 0 Å². The molecule has 0 atom stereocenters. The minimum absolute atomic E-state index is 0.0564. The number of rotatable bonds is 5. The molecule has 1 aromatic carbocycles. The van der Waals surface area contributed by atoms with Crippen molar-refractivity contribution in [1.29, 1.82) is 0 Å². The summed E-state index contributed by atoms with van der Waals surface area (Å²) in [5, 5.41) is 5.78. The van der Waals surface area contributed by atoms with Crippen LogP contribution in [0.1, 0.15) is 19.8 Å². The van der Waals surface area contributed by atoms with E-state index in [0.29, 0.717) is 38.5 Å². The van der Waals surface area contributed by atoms with Gasteiger partial charge in [0.1, 0.15) is 5.82 Å². The smallest absolute Gasteiger partial charge is 0.409 e. The molecule has 1 aliphatic rings. The Bertz CT molecular complexity index is 844. The molecule has 0 aliphatic carbocycles. The molecule has 150 valence electrons. The van der Waals surface area contributed by atoms with Crippen LogP contribution in [0.25, 0.3) is 0 Å². The first-order valence-electron chi connectivity index (χ1n) is 8.89. The summed E-state index contributed by atoms with van der Waals surface area (Å²) in [7, 11) is 0. The summed E-state index contributed by atoms with van der Waals surface area (Å²) < 4.78 is 45.2. The predicted molar refractivity (Wildman–Crippen MR) is 96.9 cm³/mol. The average molecular weight is 395 g/mol. The topological polar surface area (TPSA) is 79.4 Å². The number of piperidine rings is 1. The molecule has 1 aliphatic heterocycles. The van der Waals surface area contributed by atoms with Crippen LogP contribution in [0.15, 0.2) is 24.4 Å². The molecular formula is C18H20F3N5O2. The van der Waals surface area contributed by atoms with E-state index in [1.165, 1.54) is 12.3 Å². The number of aromatic nitrogens is 2. The molecule has 2 aromatic rings. The van der Waals surface area contributed by atoms with Crippen LogP contribution in [0.5, 0.6) is 0 Å². The number of anilines is 3. The fourth-order valence-corrected chi connectivity index (χ4v) is 2.86. The molecule has 1 aromatic heterocycles. The van der Waals surface area contributed by atoms with Gasteiger partial charge in [-0.1, -0.05) is 0 Å². The molecule has 1 fully saturated rings. The van der Waals surface area contributed by atoms with Crippen LogP contribution in [0.4, 0.5) is 35.4 Å². The van der Waals surface area contributed by atoms with Gasteiger partial charge in [0.15, 0.2) is 17.5 Å². The Morgan fingerprint density at radius 1 is 1.21 bits per heavy atom. The van der Waals surface area contributed by atoms with E-state index >= 15 is 0 Å². The van der Waals surface area contributed by atoms with Crippen LogP contribution >= 0.6 is 0 Å². The van der Waals surface area contributed by atoms with Crippen molar-refractivity contribution in [3.05, 3.63) is 41.8 Å². The van der Waals surface area contributed by atoms with E-state index in [9.17, 15) is 18.0 Å². The van der Waals surface area contributed by atoms with Gasteiger partial charge in [0, 0.05) is 25.3 Å². The molecule has 0 bridgehead atoms. The highest BCUT2D eigenvalue weighted by Gasteiger charge is 2.24. The van der Waals surface area contributed by atoms with Gasteiger partial charge in [-0.15, -0.1) is 0 Å². The van der Waals surface area contributed by atoms with Gasteiger partial charge in [0.25, 0.3) is 0 Å². The highest BCUT2D eigenvalue weighted by Crippen LogP contribution is 2.23. The molecule has 0 unspecified atom stereocenters. The van der Waals surface area contributed by atoms with Crippen molar-refractivity contribution in [1.82, 2.24) is 14.9 Å². The summed E-state index contributed by atoms with van der Waals surface area (Å²) in [6.07, 6.45) is 2.52. The Hall–Kier alpha value is -3.04. The summed E-state index contributed by atoms with van der Waals surface area (Å²) in [4.78, 5) is 21.7. The number of nitrogens with one attached hydrogen (secondary N) is 2. The number of halogens is 3. The minimum atomic E-state index is -1.55. The van der Waals surface area contributed by atoms with Gasteiger partial charge in [0.2, 0.25) is 5.95 Å². The lowest BCUT2D eigenvalue weighted by molar-refractivity contribution is 0.0983. The van der Waals surface area contributed by atoms with Crippen molar-refractivity contribution in [2.24, 2.45) is 0 Å². The number of nitrogens with zero attached hydrogens (tertiary/aromatic N) is 3. The molecule has 10 heteroatoms. The van der Waals surface area contributed by atoms with Crippen LogP contribution in [0.3, 0.4) is 0 Å². The minimum Gasteiger partial charge on any atom is -0.450 e. The molecule has 1 amide bonds. The molecule has 28 heavy (non-hydrogen) atoms. The Morgan fingerprint density at radius 3 is 2.68 bits per heavy atom. The number of hydrogen-bond acceptors (Lipinski definition) is 6. The van der Waals surface area contributed by atoms with Crippen molar-refractivity contribution in [2.45, 2.75) is 25.8 Å². The largest absolute Gasteiger partial charge is 0.450 e. The lowest BCUT2D eigenvalue weighted by Gasteiger charge is -2.31. The third kappa shape index (κ3) is 4.62. The van der Waals surface area contributed by atoms with Gasteiger partial charge < -0.3 is 20.3 Å². The molecule has 0 saturated carbocycles. The van der Waals surface area contributed by atoms with E-state index < -0.39 is 17.5 Å². The first-order valence-corrected chi connectivity index (χ1v) is 8.89. The molecule has 2 heterocycles. The van der Waals surface area contributed by atoms with Gasteiger partial charge in [-0.05, 0) is 38.0 Å². The molecule has 3 rings (SSSR count). The molecule has 0 spiro atoms. The van der Waals surface area contributed by atoms with Crippen LogP contribution < -0.4 is 10.6 Å². The second-order valence-corrected chi connectivity index (χ2v) is 6.22. The predicted octanol–water partition coefficient (Wildman–Crippen LogP) is 3.67. The standard InChI is InChI=1S/C18H20F3N5O2/c1-2-28-18(27)26-9-6-11(7-10-26)23-17-22-8-5-14(25-17)24-13-4-3-12(19)15(20)16(13)21/h3-5,8,11H,2,6-7,9-10H2,1H3,(H2,22,23,24,25). The number of ether oxygens (including phenoxy) is 1. The monoisotopic (exact) mass is 395 g/mol. The Kier molecular flexibility index (Phi) is 6.17. The molecule has 7 nitrogen and oxygen atoms in total. The third-order valence-electron chi connectivity index (χ3n) is 4.31. The summed E-state index contributed by atoms with van der Waals surface area (Å²) in [5.74, 6) is -3.60. The zero-order valence-corrected chi connectivity index (χ0v) is 15.2. The fraction of sp³-hybridized carbons (Fsp3) is 0.389. The van der Waals surface area contributed by atoms with Crippen molar-refractivity contribution in [2.75, 3.05) is 30.3 Å². The van der Waals surface area contributed by atoms with E-state index in [4.69, 9.17) is 4.74 Å². The molecule has 2 N–H and O–H groups in total.